The molecule has 0 aromatic carbocycles. The number of carbonyl (C=O) groups is 2. The van der Waals surface area contributed by atoms with Gasteiger partial charge >= 0.3 is 11.9 Å². The molecule has 0 saturated heterocycles. The van der Waals surface area contributed by atoms with E-state index < -0.39 is 23.6 Å². The van der Waals surface area contributed by atoms with Crippen LogP contribution >= 0.6 is 0 Å². The van der Waals surface area contributed by atoms with Gasteiger partial charge < -0.3 is 29.7 Å². The Kier molecular flexibility index (Phi) is 11.0. The van der Waals surface area contributed by atoms with Crippen LogP contribution in [0.5, 0.6) is 0 Å². The molecule has 2 aliphatic heterocycles. The van der Waals surface area contributed by atoms with Crippen molar-refractivity contribution in [2.75, 3.05) is 14.2 Å². The van der Waals surface area contributed by atoms with E-state index in [1.165, 1.54) is 21.1 Å². The molecule has 0 spiro atoms. The Labute approximate surface area is 294 Å². The highest BCUT2D eigenvalue weighted by molar-refractivity contribution is 5.99. The lowest BCUT2D eigenvalue weighted by Crippen LogP contribution is -2.45. The number of carbonyl (C=O) groups excluding carboxylic acids is 2. The molecule has 8 bridgehead atoms. The first-order valence-corrected chi connectivity index (χ1v) is 17.8. The molecule has 5 heterocycles. The van der Waals surface area contributed by atoms with Crippen molar-refractivity contribution in [1.29, 1.82) is 0 Å². The number of rotatable bonds is 12. The van der Waals surface area contributed by atoms with Crippen LogP contribution in [0, 0.1) is 13.8 Å². The summed E-state index contributed by atoms with van der Waals surface area (Å²) in [6, 6.07) is 7.51. The third kappa shape index (κ3) is 6.88. The van der Waals surface area contributed by atoms with Gasteiger partial charge in [0.1, 0.15) is 5.60 Å². The standard InChI is InChI=1S/C40H52N4O6/c1-9-11-13-15-26-24(4)31-20-36-40(48,22-38(46)50-8)39(6,47)35(44-36)21-34-27(16-14-12-10-2)23(3)29(42-34)19-33-28(17-37(45)49-7)25(5)30(41-33)18-32(26)43-31/h18-21,42-43,47-48H,9-17,22H2,1-8H3. The normalized spacial score (nSPS) is 18.8. The lowest BCUT2D eigenvalue weighted by molar-refractivity contribution is -0.173. The van der Waals surface area contributed by atoms with Crippen molar-refractivity contribution < 1.29 is 29.3 Å². The molecule has 2 atom stereocenters. The largest absolute Gasteiger partial charge is 0.469 e. The van der Waals surface area contributed by atoms with Crippen molar-refractivity contribution >= 4 is 45.2 Å². The van der Waals surface area contributed by atoms with Gasteiger partial charge in [0.05, 0.1) is 49.8 Å². The van der Waals surface area contributed by atoms with Gasteiger partial charge in [0.2, 0.25) is 0 Å². The Morgan fingerprint density at radius 2 is 1.24 bits per heavy atom. The summed E-state index contributed by atoms with van der Waals surface area (Å²) in [6.07, 6.45) is 7.40. The number of H-pyrrole nitrogens is 2. The molecule has 3 aromatic rings. The Morgan fingerprint density at radius 1 is 0.720 bits per heavy atom. The van der Waals surface area contributed by atoms with Crippen LogP contribution in [0.25, 0.3) is 33.2 Å². The molecule has 4 N–H and O–H groups in total. The molecular formula is C40H52N4O6. The molecule has 0 saturated carbocycles. The number of aromatic nitrogens is 4. The van der Waals surface area contributed by atoms with Gasteiger partial charge in [0.25, 0.3) is 0 Å². The van der Waals surface area contributed by atoms with Crippen molar-refractivity contribution in [2.24, 2.45) is 0 Å². The molecule has 5 rings (SSSR count). The molecule has 268 valence electrons. The van der Waals surface area contributed by atoms with Crippen molar-refractivity contribution in [1.82, 2.24) is 19.9 Å². The van der Waals surface area contributed by atoms with Crippen LogP contribution in [0.2, 0.25) is 0 Å². The Morgan fingerprint density at radius 3 is 1.80 bits per heavy atom. The SMILES string of the molecule is CCCCCc1c(C)c2cc3nc(cc4[nH]c(cc5nc(cc1[nH]2)C(C)=C5CC(=O)OC)c(C)c4CCCCC)C(C)(O)C3(O)CC(=O)OC. The summed E-state index contributed by atoms with van der Waals surface area (Å²) in [6.45, 7) is 11.9. The molecule has 0 radical (unpaired) electrons. The topological polar surface area (TPSA) is 150 Å². The summed E-state index contributed by atoms with van der Waals surface area (Å²) in [4.78, 5) is 42.4. The molecule has 0 aliphatic carbocycles. The lowest BCUT2D eigenvalue weighted by Gasteiger charge is -2.34. The van der Waals surface area contributed by atoms with Gasteiger partial charge in [-0.15, -0.1) is 0 Å². The number of aromatic amines is 2. The van der Waals surface area contributed by atoms with Gasteiger partial charge in [-0.25, -0.2) is 4.98 Å². The first-order valence-electron chi connectivity index (χ1n) is 17.8. The van der Waals surface area contributed by atoms with Gasteiger partial charge in [-0.1, -0.05) is 39.5 Å². The van der Waals surface area contributed by atoms with Crippen molar-refractivity contribution in [2.45, 2.75) is 117 Å². The number of ether oxygens (including phenoxy) is 2. The average Bonchev–Trinajstić information content (AvgIpc) is 3.70. The molecule has 50 heavy (non-hydrogen) atoms. The summed E-state index contributed by atoms with van der Waals surface area (Å²) in [7, 11) is 2.65. The van der Waals surface area contributed by atoms with Crippen LogP contribution in [0.15, 0.2) is 24.3 Å². The first-order chi connectivity index (χ1) is 23.8. The Hall–Kier alpha value is -4.28. The van der Waals surface area contributed by atoms with Crippen LogP contribution < -0.4 is 0 Å². The fourth-order valence-corrected chi connectivity index (χ4v) is 7.18. The number of nitrogens with zero attached hydrogens (tertiary/aromatic N) is 2. The zero-order valence-electron chi connectivity index (χ0n) is 30.8. The lowest BCUT2D eigenvalue weighted by atomic mass is 9.79. The van der Waals surface area contributed by atoms with Crippen LogP contribution in [0.1, 0.15) is 124 Å². The van der Waals surface area contributed by atoms with Crippen LogP contribution in [0.3, 0.4) is 0 Å². The number of hydrogen-bond donors (Lipinski definition) is 4. The number of allylic oxidation sites excluding steroid dienone is 1. The van der Waals surface area contributed by atoms with Crippen molar-refractivity contribution in [3.8, 4) is 0 Å². The molecule has 10 heteroatoms. The van der Waals surface area contributed by atoms with E-state index in [1.54, 1.807) is 12.1 Å². The van der Waals surface area contributed by atoms with E-state index in [0.29, 0.717) is 11.2 Å². The molecular weight excluding hydrogens is 632 g/mol. The minimum atomic E-state index is -2.07. The van der Waals surface area contributed by atoms with Gasteiger partial charge in [0, 0.05) is 22.1 Å². The second-order valence-corrected chi connectivity index (χ2v) is 13.9. The van der Waals surface area contributed by atoms with Crippen molar-refractivity contribution in [3.05, 3.63) is 69.3 Å². The van der Waals surface area contributed by atoms with Gasteiger partial charge in [-0.2, -0.15) is 0 Å². The molecule has 10 nitrogen and oxygen atoms in total. The number of unbranched alkanes of at least 4 members (excludes halogenated alkanes) is 4. The minimum Gasteiger partial charge on any atom is -0.469 e. The third-order valence-corrected chi connectivity index (χ3v) is 10.6. The number of nitrogens with one attached hydrogen (secondary N) is 2. The highest BCUT2D eigenvalue weighted by atomic mass is 16.5. The molecule has 3 aromatic heterocycles. The van der Waals surface area contributed by atoms with E-state index in [0.717, 1.165) is 107 Å². The summed E-state index contributed by atoms with van der Waals surface area (Å²) >= 11 is 0. The maximum atomic E-state index is 12.7. The predicted molar refractivity (Wildman–Crippen MR) is 196 cm³/mol. The van der Waals surface area contributed by atoms with E-state index in [1.807, 2.05) is 26.0 Å². The smallest absolute Gasteiger partial charge is 0.310 e. The average molecular weight is 685 g/mol. The Balaban J connectivity index is 1.94. The number of aliphatic hydroxyl groups is 2. The summed E-state index contributed by atoms with van der Waals surface area (Å²) in [5.74, 6) is -1.01. The Bertz CT molecular complexity index is 1980. The summed E-state index contributed by atoms with van der Waals surface area (Å²) < 4.78 is 10.1. The number of esters is 2. The fourth-order valence-electron chi connectivity index (χ4n) is 7.18. The van der Waals surface area contributed by atoms with Gasteiger partial charge in [-0.3, -0.25) is 14.6 Å². The van der Waals surface area contributed by atoms with Gasteiger partial charge in [-0.05, 0) is 111 Å². The maximum Gasteiger partial charge on any atom is 0.310 e. The second kappa shape index (κ2) is 14.9. The quantitative estimate of drug-likeness (QED) is 0.113. The summed E-state index contributed by atoms with van der Waals surface area (Å²) in [5, 5.41) is 24.4. The van der Waals surface area contributed by atoms with E-state index in [-0.39, 0.29) is 23.8 Å². The van der Waals surface area contributed by atoms with Crippen LogP contribution in [-0.4, -0.2) is 56.3 Å². The number of hydrogen-bond acceptors (Lipinski definition) is 8. The zero-order valence-corrected chi connectivity index (χ0v) is 30.8. The molecule has 0 fully saturated rings. The third-order valence-electron chi connectivity index (χ3n) is 10.6. The minimum absolute atomic E-state index is 0.0833. The number of fused-ring (bicyclic) bond motifs is 8. The number of methoxy groups -OCH3 is 2. The first kappa shape index (κ1) is 37.0. The number of aryl methyl sites for hydroxylation is 4. The monoisotopic (exact) mass is 684 g/mol. The fraction of sp³-hybridized carbons (Fsp3) is 0.500. The molecule has 0 amide bonds. The van der Waals surface area contributed by atoms with E-state index >= 15 is 0 Å². The predicted octanol–water partition coefficient (Wildman–Crippen LogP) is 7.55. The van der Waals surface area contributed by atoms with E-state index in [4.69, 9.17) is 19.4 Å². The summed E-state index contributed by atoms with van der Waals surface area (Å²) in [5.41, 5.74) is 6.81. The molecule has 2 unspecified atom stereocenters. The van der Waals surface area contributed by atoms with Crippen molar-refractivity contribution in [3.63, 3.8) is 0 Å². The molecule has 2 aliphatic rings. The van der Waals surface area contributed by atoms with E-state index in [2.05, 4.69) is 30.7 Å². The zero-order chi connectivity index (χ0) is 36.4. The van der Waals surface area contributed by atoms with Gasteiger partial charge in [0.15, 0.2) is 5.60 Å². The highest BCUT2D eigenvalue weighted by Gasteiger charge is 2.55. The van der Waals surface area contributed by atoms with Crippen LogP contribution in [-0.2, 0) is 43.1 Å². The maximum absolute atomic E-state index is 12.7. The highest BCUT2D eigenvalue weighted by Crippen LogP contribution is 2.47. The van der Waals surface area contributed by atoms with E-state index in [9.17, 15) is 19.8 Å². The second-order valence-electron chi connectivity index (χ2n) is 13.9. The van der Waals surface area contributed by atoms with Crippen LogP contribution in [0.4, 0.5) is 0 Å².